The molecule has 0 saturated heterocycles. The molecule has 0 aliphatic carbocycles. The van der Waals surface area contributed by atoms with Crippen molar-refractivity contribution in [3.8, 4) is 11.4 Å². The van der Waals surface area contributed by atoms with Gasteiger partial charge in [-0.3, -0.25) is 10.1 Å². The number of rotatable bonds is 5. The van der Waals surface area contributed by atoms with E-state index in [-0.39, 0.29) is 5.70 Å². The number of tetrazole rings is 1. The predicted molar refractivity (Wildman–Crippen MR) is 102 cm³/mol. The molecular formula is C18H14N6O2S. The number of aromatic nitrogens is 5. The maximum atomic E-state index is 13.0. The van der Waals surface area contributed by atoms with Crippen LogP contribution in [0.2, 0.25) is 0 Å². The molecule has 4 rings (SSSR count). The second-order valence-corrected chi connectivity index (χ2v) is 6.43. The Morgan fingerprint density at radius 1 is 1.22 bits per heavy atom. The second-order valence-electron chi connectivity index (χ2n) is 5.57. The third-order valence-electron chi connectivity index (χ3n) is 3.62. The Morgan fingerprint density at radius 2 is 2.07 bits per heavy atom. The van der Waals surface area contributed by atoms with Gasteiger partial charge in [0.25, 0.3) is 5.91 Å². The highest BCUT2D eigenvalue weighted by Crippen LogP contribution is 2.22. The lowest BCUT2D eigenvalue weighted by molar-refractivity contribution is -0.111. The Bertz CT molecular complexity index is 1080. The van der Waals surface area contributed by atoms with Gasteiger partial charge in [0.2, 0.25) is 0 Å². The van der Waals surface area contributed by atoms with Gasteiger partial charge >= 0.3 is 0 Å². The summed E-state index contributed by atoms with van der Waals surface area (Å²) in [4.78, 5) is 17.2. The lowest BCUT2D eigenvalue weighted by Gasteiger charge is -2.09. The number of furan rings is 1. The number of nitrogens with one attached hydrogen (secondary N) is 1. The first-order valence-electron chi connectivity index (χ1n) is 8.03. The SMILES string of the molecule is Cc1csc(NC(=O)/C(=C/c2ccco2)n2nnnc2-c2ccccc2)n1. The molecule has 0 radical (unpaired) electrons. The van der Waals surface area contributed by atoms with Crippen molar-refractivity contribution in [2.45, 2.75) is 6.92 Å². The number of hydrogen-bond donors (Lipinski definition) is 1. The van der Waals surface area contributed by atoms with Gasteiger partial charge in [0, 0.05) is 17.0 Å². The van der Waals surface area contributed by atoms with E-state index >= 15 is 0 Å². The molecule has 134 valence electrons. The summed E-state index contributed by atoms with van der Waals surface area (Å²) in [7, 11) is 0. The van der Waals surface area contributed by atoms with Crippen molar-refractivity contribution in [3.63, 3.8) is 0 Å². The lowest BCUT2D eigenvalue weighted by Crippen LogP contribution is -2.19. The molecule has 0 bridgehead atoms. The Hall–Kier alpha value is -3.59. The lowest BCUT2D eigenvalue weighted by atomic mass is 10.2. The number of amides is 1. The summed E-state index contributed by atoms with van der Waals surface area (Å²) >= 11 is 1.35. The Balaban J connectivity index is 1.76. The summed E-state index contributed by atoms with van der Waals surface area (Å²) in [5, 5.41) is 17.0. The van der Waals surface area contributed by atoms with Crippen LogP contribution in [0.4, 0.5) is 5.13 Å². The van der Waals surface area contributed by atoms with Gasteiger partial charge in [0.1, 0.15) is 11.5 Å². The van der Waals surface area contributed by atoms with Gasteiger partial charge in [-0.15, -0.1) is 16.4 Å². The first kappa shape index (κ1) is 16.9. The van der Waals surface area contributed by atoms with E-state index in [9.17, 15) is 4.79 Å². The number of carbonyl (C=O) groups excluding carboxylic acids is 1. The monoisotopic (exact) mass is 378 g/mol. The van der Waals surface area contributed by atoms with Crippen LogP contribution in [0.3, 0.4) is 0 Å². The van der Waals surface area contributed by atoms with Crippen molar-refractivity contribution in [3.05, 3.63) is 65.6 Å². The minimum atomic E-state index is -0.398. The van der Waals surface area contributed by atoms with Crippen molar-refractivity contribution in [1.82, 2.24) is 25.2 Å². The van der Waals surface area contributed by atoms with Crippen LogP contribution in [0.25, 0.3) is 23.2 Å². The van der Waals surface area contributed by atoms with Crippen molar-refractivity contribution < 1.29 is 9.21 Å². The number of aryl methyl sites for hydroxylation is 1. The van der Waals surface area contributed by atoms with Crippen LogP contribution in [-0.2, 0) is 4.79 Å². The predicted octanol–water partition coefficient (Wildman–Crippen LogP) is 3.33. The number of anilines is 1. The summed E-state index contributed by atoms with van der Waals surface area (Å²) in [5.41, 5.74) is 1.83. The van der Waals surface area contributed by atoms with Gasteiger partial charge in [-0.1, -0.05) is 30.3 Å². The fourth-order valence-electron chi connectivity index (χ4n) is 2.42. The molecule has 9 heteroatoms. The molecule has 4 aromatic rings. The van der Waals surface area contributed by atoms with E-state index < -0.39 is 5.91 Å². The van der Waals surface area contributed by atoms with Crippen molar-refractivity contribution in [1.29, 1.82) is 0 Å². The standard InChI is InChI=1S/C18H14N6O2S/c1-12-11-27-18(19-12)20-17(25)15(10-14-8-5-9-26-14)24-16(21-22-23-24)13-6-3-2-4-7-13/h2-11H,1H3,(H,19,20,25)/b15-10-. The molecule has 0 aliphatic heterocycles. The summed E-state index contributed by atoms with van der Waals surface area (Å²) in [5.74, 6) is 0.550. The molecule has 3 aromatic heterocycles. The average Bonchev–Trinajstić information content (AvgIpc) is 3.42. The Kier molecular flexibility index (Phi) is 4.58. The maximum Gasteiger partial charge on any atom is 0.276 e. The van der Waals surface area contributed by atoms with Crippen LogP contribution >= 0.6 is 11.3 Å². The van der Waals surface area contributed by atoms with E-state index in [0.717, 1.165) is 11.3 Å². The summed E-state index contributed by atoms with van der Waals surface area (Å²) in [6.45, 7) is 1.86. The number of benzene rings is 1. The third-order valence-corrected chi connectivity index (χ3v) is 4.50. The van der Waals surface area contributed by atoms with E-state index in [0.29, 0.717) is 16.7 Å². The highest BCUT2D eigenvalue weighted by Gasteiger charge is 2.20. The Morgan fingerprint density at radius 3 is 2.78 bits per heavy atom. The smallest absolute Gasteiger partial charge is 0.276 e. The number of thiazole rings is 1. The summed E-state index contributed by atoms with van der Waals surface area (Å²) < 4.78 is 6.74. The van der Waals surface area contributed by atoms with Crippen LogP contribution in [0.5, 0.6) is 0 Å². The largest absolute Gasteiger partial charge is 0.465 e. The first-order chi connectivity index (χ1) is 13.2. The molecule has 3 heterocycles. The van der Waals surface area contributed by atoms with Gasteiger partial charge in [-0.25, -0.2) is 4.98 Å². The minimum Gasteiger partial charge on any atom is -0.465 e. The molecule has 0 unspecified atom stereocenters. The highest BCUT2D eigenvalue weighted by molar-refractivity contribution is 7.14. The van der Waals surface area contributed by atoms with Gasteiger partial charge < -0.3 is 4.42 Å². The molecule has 0 aliphatic rings. The van der Waals surface area contributed by atoms with E-state index in [2.05, 4.69) is 25.8 Å². The van der Waals surface area contributed by atoms with E-state index in [1.165, 1.54) is 22.3 Å². The molecule has 1 aromatic carbocycles. The van der Waals surface area contributed by atoms with Crippen LogP contribution in [0.1, 0.15) is 11.5 Å². The van der Waals surface area contributed by atoms with E-state index in [1.54, 1.807) is 18.2 Å². The molecule has 0 fully saturated rings. The van der Waals surface area contributed by atoms with Gasteiger partial charge in [0.15, 0.2) is 11.0 Å². The third kappa shape index (κ3) is 3.67. The summed E-state index contributed by atoms with van der Waals surface area (Å²) in [6, 6.07) is 12.9. The van der Waals surface area contributed by atoms with Crippen LogP contribution in [0, 0.1) is 6.92 Å². The molecule has 1 amide bonds. The molecule has 1 N–H and O–H groups in total. The average molecular weight is 378 g/mol. The highest BCUT2D eigenvalue weighted by atomic mass is 32.1. The van der Waals surface area contributed by atoms with Gasteiger partial charge in [-0.05, 0) is 29.5 Å². The number of carbonyl (C=O) groups is 1. The quantitative estimate of drug-likeness (QED) is 0.535. The minimum absolute atomic E-state index is 0.210. The van der Waals surface area contributed by atoms with Crippen molar-refractivity contribution >= 4 is 34.1 Å². The maximum absolute atomic E-state index is 13.0. The molecule has 27 heavy (non-hydrogen) atoms. The molecule has 0 spiro atoms. The Labute approximate surface area is 158 Å². The van der Waals surface area contributed by atoms with E-state index in [4.69, 9.17) is 4.42 Å². The van der Waals surface area contributed by atoms with E-state index in [1.807, 2.05) is 42.6 Å². The summed E-state index contributed by atoms with van der Waals surface area (Å²) in [6.07, 6.45) is 3.11. The van der Waals surface area contributed by atoms with Crippen molar-refractivity contribution in [2.75, 3.05) is 5.32 Å². The second kappa shape index (κ2) is 7.34. The van der Waals surface area contributed by atoms with Crippen molar-refractivity contribution in [2.24, 2.45) is 0 Å². The normalized spacial score (nSPS) is 11.5. The van der Waals surface area contributed by atoms with Gasteiger partial charge in [-0.2, -0.15) is 4.68 Å². The number of hydrogen-bond acceptors (Lipinski definition) is 7. The molecule has 0 atom stereocenters. The van der Waals surface area contributed by atoms with Crippen LogP contribution in [-0.4, -0.2) is 31.1 Å². The fourth-order valence-corrected chi connectivity index (χ4v) is 3.10. The van der Waals surface area contributed by atoms with Gasteiger partial charge in [0.05, 0.1) is 12.0 Å². The molecule has 8 nitrogen and oxygen atoms in total. The zero-order valence-corrected chi connectivity index (χ0v) is 15.1. The number of nitrogens with zero attached hydrogens (tertiary/aromatic N) is 5. The first-order valence-corrected chi connectivity index (χ1v) is 8.91. The zero-order chi connectivity index (χ0) is 18.6. The topological polar surface area (TPSA) is 98.7 Å². The van der Waals surface area contributed by atoms with Crippen LogP contribution < -0.4 is 5.32 Å². The molecule has 0 saturated carbocycles. The van der Waals surface area contributed by atoms with Crippen LogP contribution in [0.15, 0.2) is 58.5 Å². The fraction of sp³-hybridized carbons (Fsp3) is 0.0556. The molecular weight excluding hydrogens is 364 g/mol. The zero-order valence-electron chi connectivity index (χ0n) is 14.2.